The van der Waals surface area contributed by atoms with Gasteiger partial charge in [0.25, 0.3) is 0 Å². The van der Waals surface area contributed by atoms with Crippen LogP contribution in [0.2, 0.25) is 0 Å². The Morgan fingerprint density at radius 2 is 1.97 bits per heavy atom. The molecule has 0 spiro atoms. The smallest absolute Gasteiger partial charge is 0.319 e. The van der Waals surface area contributed by atoms with E-state index in [1.54, 1.807) is 35.8 Å². The maximum Gasteiger partial charge on any atom is 0.319 e. The molecular formula is C20H20FN3O4S. The van der Waals surface area contributed by atoms with Gasteiger partial charge in [-0.1, -0.05) is 12.1 Å². The molecule has 0 fully saturated rings. The molecule has 1 atom stereocenters. The number of rotatable bonds is 9. The SMILES string of the molecule is O=C(NCC(O)COc1cccc(F)c1)Nc1cccc(OCc2cscn2)c1. The van der Waals surface area contributed by atoms with Crippen LogP contribution in [-0.4, -0.2) is 35.4 Å². The first-order valence-corrected chi connectivity index (χ1v) is 9.74. The largest absolute Gasteiger partial charge is 0.491 e. The fourth-order valence-electron chi connectivity index (χ4n) is 2.32. The molecule has 0 aliphatic rings. The number of nitrogens with one attached hydrogen (secondary N) is 2. The molecule has 0 radical (unpaired) electrons. The van der Waals surface area contributed by atoms with Crippen molar-refractivity contribution in [3.63, 3.8) is 0 Å². The van der Waals surface area contributed by atoms with E-state index in [4.69, 9.17) is 9.47 Å². The third-order valence-corrected chi connectivity index (χ3v) is 4.33. The molecular weight excluding hydrogens is 397 g/mol. The van der Waals surface area contributed by atoms with Crippen molar-refractivity contribution in [2.75, 3.05) is 18.5 Å². The predicted octanol–water partition coefficient (Wildman–Crippen LogP) is 3.42. The Labute approximate surface area is 171 Å². The topological polar surface area (TPSA) is 92.7 Å². The van der Waals surface area contributed by atoms with Gasteiger partial charge in [0.15, 0.2) is 0 Å². The lowest BCUT2D eigenvalue weighted by Crippen LogP contribution is -2.37. The lowest BCUT2D eigenvalue weighted by atomic mass is 10.3. The summed E-state index contributed by atoms with van der Waals surface area (Å²) < 4.78 is 24.0. The van der Waals surface area contributed by atoms with Crippen LogP contribution in [0.25, 0.3) is 0 Å². The minimum absolute atomic E-state index is 0.0266. The summed E-state index contributed by atoms with van der Waals surface area (Å²) in [5, 5.41) is 17.0. The fourth-order valence-corrected chi connectivity index (χ4v) is 2.87. The molecule has 1 unspecified atom stereocenters. The molecule has 0 aliphatic carbocycles. The van der Waals surface area contributed by atoms with Crippen molar-refractivity contribution in [2.24, 2.45) is 0 Å². The number of anilines is 1. The second-order valence-electron chi connectivity index (χ2n) is 6.05. The van der Waals surface area contributed by atoms with Crippen molar-refractivity contribution >= 4 is 23.1 Å². The Balaban J connectivity index is 1.40. The maximum absolute atomic E-state index is 13.1. The number of halogens is 1. The summed E-state index contributed by atoms with van der Waals surface area (Å²) in [4.78, 5) is 16.2. The molecule has 0 aliphatic heterocycles. The molecule has 0 saturated heterocycles. The first-order chi connectivity index (χ1) is 14.1. The van der Waals surface area contributed by atoms with Gasteiger partial charge in [-0.2, -0.15) is 0 Å². The van der Waals surface area contributed by atoms with Crippen LogP contribution >= 0.6 is 11.3 Å². The molecule has 0 bridgehead atoms. The van der Waals surface area contributed by atoms with Crippen LogP contribution in [0.3, 0.4) is 0 Å². The molecule has 3 aromatic rings. The van der Waals surface area contributed by atoms with Gasteiger partial charge in [0.2, 0.25) is 0 Å². The highest BCUT2D eigenvalue weighted by atomic mass is 32.1. The van der Waals surface area contributed by atoms with Gasteiger partial charge in [0, 0.05) is 29.7 Å². The van der Waals surface area contributed by atoms with Crippen LogP contribution < -0.4 is 20.1 Å². The molecule has 2 aromatic carbocycles. The third kappa shape index (κ3) is 7.05. The Morgan fingerprint density at radius 3 is 2.72 bits per heavy atom. The number of ether oxygens (including phenoxy) is 2. The number of urea groups is 1. The third-order valence-electron chi connectivity index (χ3n) is 3.70. The summed E-state index contributed by atoms with van der Waals surface area (Å²) in [6, 6.07) is 12.1. The lowest BCUT2D eigenvalue weighted by molar-refractivity contribution is 0.108. The molecule has 1 aromatic heterocycles. The van der Waals surface area contributed by atoms with Gasteiger partial charge in [0.1, 0.15) is 36.6 Å². The van der Waals surface area contributed by atoms with E-state index in [0.717, 1.165) is 5.69 Å². The Kier molecular flexibility index (Phi) is 7.37. The first-order valence-electron chi connectivity index (χ1n) is 8.80. The zero-order chi connectivity index (χ0) is 20.5. The van der Waals surface area contributed by atoms with Crippen molar-refractivity contribution < 1.29 is 23.8 Å². The Morgan fingerprint density at radius 1 is 1.17 bits per heavy atom. The zero-order valence-electron chi connectivity index (χ0n) is 15.4. The summed E-state index contributed by atoms with van der Waals surface area (Å²) >= 11 is 1.49. The van der Waals surface area contributed by atoms with Crippen LogP contribution in [0.15, 0.2) is 59.4 Å². The van der Waals surface area contributed by atoms with Gasteiger partial charge < -0.3 is 25.2 Å². The van der Waals surface area contributed by atoms with Crippen molar-refractivity contribution in [1.82, 2.24) is 10.3 Å². The first kappa shape index (κ1) is 20.6. The average Bonchev–Trinajstić information content (AvgIpc) is 3.23. The van der Waals surface area contributed by atoms with Gasteiger partial charge in [-0.05, 0) is 24.3 Å². The molecule has 2 amide bonds. The molecule has 0 saturated carbocycles. The minimum atomic E-state index is -0.947. The van der Waals surface area contributed by atoms with Crippen LogP contribution in [0.4, 0.5) is 14.9 Å². The lowest BCUT2D eigenvalue weighted by Gasteiger charge is -2.14. The van der Waals surface area contributed by atoms with Crippen LogP contribution in [0.5, 0.6) is 11.5 Å². The maximum atomic E-state index is 13.1. The summed E-state index contributed by atoms with van der Waals surface area (Å²) in [7, 11) is 0. The van der Waals surface area contributed by atoms with E-state index in [9.17, 15) is 14.3 Å². The summed E-state index contributed by atoms with van der Waals surface area (Å²) in [6.45, 7) is 0.238. The van der Waals surface area contributed by atoms with E-state index in [-0.39, 0.29) is 13.2 Å². The van der Waals surface area contributed by atoms with Crippen molar-refractivity contribution in [2.45, 2.75) is 12.7 Å². The van der Waals surface area contributed by atoms with Gasteiger partial charge in [-0.15, -0.1) is 11.3 Å². The summed E-state index contributed by atoms with van der Waals surface area (Å²) in [5.41, 5.74) is 3.11. The zero-order valence-corrected chi connectivity index (χ0v) is 16.2. The highest BCUT2D eigenvalue weighted by molar-refractivity contribution is 7.07. The van der Waals surface area contributed by atoms with E-state index in [0.29, 0.717) is 23.8 Å². The molecule has 3 rings (SSSR count). The second-order valence-corrected chi connectivity index (χ2v) is 6.77. The van der Waals surface area contributed by atoms with Gasteiger partial charge >= 0.3 is 6.03 Å². The monoisotopic (exact) mass is 417 g/mol. The van der Waals surface area contributed by atoms with Gasteiger partial charge in [0.05, 0.1) is 11.2 Å². The van der Waals surface area contributed by atoms with E-state index in [1.165, 1.54) is 29.5 Å². The van der Waals surface area contributed by atoms with E-state index >= 15 is 0 Å². The summed E-state index contributed by atoms with van der Waals surface area (Å²) in [6.07, 6.45) is -0.947. The normalized spacial score (nSPS) is 11.5. The highest BCUT2D eigenvalue weighted by Gasteiger charge is 2.09. The molecule has 1 heterocycles. The van der Waals surface area contributed by atoms with Crippen LogP contribution in [-0.2, 0) is 6.61 Å². The Hall–Kier alpha value is -3.17. The van der Waals surface area contributed by atoms with E-state index in [1.807, 2.05) is 5.38 Å². The number of aromatic nitrogens is 1. The molecule has 9 heteroatoms. The summed E-state index contributed by atoms with van der Waals surface area (Å²) in [5.74, 6) is 0.481. The minimum Gasteiger partial charge on any atom is -0.491 e. The number of aliphatic hydroxyl groups is 1. The quantitative estimate of drug-likeness (QED) is 0.496. The molecule has 3 N–H and O–H groups in total. The van der Waals surface area contributed by atoms with Crippen molar-refractivity contribution in [1.29, 1.82) is 0 Å². The van der Waals surface area contributed by atoms with Crippen molar-refractivity contribution in [3.8, 4) is 11.5 Å². The number of nitrogens with zero attached hydrogens (tertiary/aromatic N) is 1. The Bertz CT molecular complexity index is 924. The number of hydrogen-bond acceptors (Lipinski definition) is 6. The van der Waals surface area contributed by atoms with Gasteiger partial charge in [-0.3, -0.25) is 0 Å². The predicted molar refractivity (Wildman–Crippen MR) is 108 cm³/mol. The highest BCUT2D eigenvalue weighted by Crippen LogP contribution is 2.18. The van der Waals surface area contributed by atoms with E-state index < -0.39 is 18.0 Å². The number of aliphatic hydroxyl groups excluding tert-OH is 1. The number of amides is 2. The average molecular weight is 417 g/mol. The number of hydrogen-bond donors (Lipinski definition) is 3. The van der Waals surface area contributed by atoms with Crippen molar-refractivity contribution in [3.05, 3.63) is 70.9 Å². The fraction of sp³-hybridized carbons (Fsp3) is 0.200. The molecule has 29 heavy (non-hydrogen) atoms. The number of carbonyl (C=O) groups is 1. The second kappa shape index (κ2) is 10.4. The van der Waals surface area contributed by atoms with E-state index in [2.05, 4.69) is 15.6 Å². The molecule has 7 nitrogen and oxygen atoms in total. The number of benzene rings is 2. The van der Waals surface area contributed by atoms with Crippen LogP contribution in [0, 0.1) is 5.82 Å². The standard InChI is InChI=1S/C20H20FN3O4S/c21-14-3-1-5-18(7-14)28-11-17(25)9-22-20(26)24-15-4-2-6-19(8-15)27-10-16-12-29-13-23-16/h1-8,12-13,17,25H,9-11H2,(H2,22,24,26). The van der Waals surface area contributed by atoms with Crippen LogP contribution in [0.1, 0.15) is 5.69 Å². The number of thiazole rings is 1. The number of carbonyl (C=O) groups excluding carboxylic acids is 1. The van der Waals surface area contributed by atoms with Gasteiger partial charge in [-0.25, -0.2) is 14.2 Å². The molecule has 152 valence electrons.